The van der Waals surface area contributed by atoms with Gasteiger partial charge in [0, 0.05) is 14.2 Å². The van der Waals surface area contributed by atoms with Gasteiger partial charge >= 0.3 is 0 Å². The third-order valence-electron chi connectivity index (χ3n) is 4.05. The first-order chi connectivity index (χ1) is 8.04. The summed E-state index contributed by atoms with van der Waals surface area (Å²) in [5, 5.41) is 10.7. The minimum atomic E-state index is -0.676. The van der Waals surface area contributed by atoms with Crippen LogP contribution in [0.15, 0.2) is 12.2 Å². The molecule has 0 aromatic rings. The van der Waals surface area contributed by atoms with Crippen molar-refractivity contribution < 1.29 is 14.6 Å². The standard InChI is InChI=1S/C14H26O3/c1-11(2)14(15)10-6-5-7-12(14)8-9-13(16-3)17-4/h12-13,15H,1,5-10H2,2-4H3/t12-,14+/m0/s1. The quantitative estimate of drug-likeness (QED) is 0.575. The molecule has 2 atom stereocenters. The lowest BCUT2D eigenvalue weighted by Gasteiger charge is -2.41. The molecule has 1 aliphatic rings. The first-order valence-corrected chi connectivity index (χ1v) is 6.48. The molecule has 0 saturated heterocycles. The Balaban J connectivity index is 2.57. The van der Waals surface area contributed by atoms with E-state index in [-0.39, 0.29) is 6.29 Å². The number of hydrogen-bond donors (Lipinski definition) is 1. The minimum Gasteiger partial charge on any atom is -0.385 e. The normalized spacial score (nSPS) is 29.6. The Morgan fingerprint density at radius 1 is 1.41 bits per heavy atom. The molecule has 0 aliphatic heterocycles. The molecule has 0 aromatic heterocycles. The summed E-state index contributed by atoms with van der Waals surface area (Å²) in [7, 11) is 3.31. The number of rotatable bonds is 6. The van der Waals surface area contributed by atoms with Crippen LogP contribution in [0.25, 0.3) is 0 Å². The van der Waals surface area contributed by atoms with Crippen LogP contribution in [0.1, 0.15) is 45.4 Å². The van der Waals surface area contributed by atoms with Gasteiger partial charge in [-0.05, 0) is 44.1 Å². The van der Waals surface area contributed by atoms with E-state index in [9.17, 15) is 5.11 Å². The summed E-state index contributed by atoms with van der Waals surface area (Å²) < 4.78 is 10.4. The van der Waals surface area contributed by atoms with E-state index in [4.69, 9.17) is 9.47 Å². The predicted octanol–water partition coefficient (Wildman–Crippen LogP) is 2.88. The molecule has 1 rings (SSSR count). The van der Waals surface area contributed by atoms with Crippen LogP contribution in [0.3, 0.4) is 0 Å². The van der Waals surface area contributed by atoms with E-state index >= 15 is 0 Å². The molecule has 1 saturated carbocycles. The van der Waals surface area contributed by atoms with Crippen LogP contribution >= 0.6 is 0 Å². The molecule has 1 aliphatic carbocycles. The molecule has 0 aromatic carbocycles. The van der Waals surface area contributed by atoms with E-state index in [1.807, 2.05) is 6.92 Å². The molecule has 0 radical (unpaired) electrons. The Hall–Kier alpha value is -0.380. The maximum Gasteiger partial charge on any atom is 0.156 e. The van der Waals surface area contributed by atoms with Crippen LogP contribution in [0, 0.1) is 5.92 Å². The van der Waals surface area contributed by atoms with E-state index in [1.54, 1.807) is 14.2 Å². The van der Waals surface area contributed by atoms with Crippen molar-refractivity contribution in [2.75, 3.05) is 14.2 Å². The lowest BCUT2D eigenvalue weighted by Crippen LogP contribution is -2.42. The van der Waals surface area contributed by atoms with E-state index < -0.39 is 5.60 Å². The lowest BCUT2D eigenvalue weighted by atomic mass is 9.70. The molecule has 0 spiro atoms. The Labute approximate surface area is 105 Å². The maximum atomic E-state index is 10.7. The summed E-state index contributed by atoms with van der Waals surface area (Å²) in [6, 6.07) is 0. The van der Waals surface area contributed by atoms with Crippen molar-refractivity contribution >= 4 is 0 Å². The first-order valence-electron chi connectivity index (χ1n) is 6.48. The van der Waals surface area contributed by atoms with Crippen molar-refractivity contribution in [3.63, 3.8) is 0 Å². The predicted molar refractivity (Wildman–Crippen MR) is 68.8 cm³/mol. The molecule has 3 heteroatoms. The highest BCUT2D eigenvalue weighted by atomic mass is 16.7. The zero-order valence-electron chi connectivity index (χ0n) is 11.4. The average Bonchev–Trinajstić information content (AvgIpc) is 2.32. The third kappa shape index (κ3) is 3.54. The summed E-state index contributed by atoms with van der Waals surface area (Å²) >= 11 is 0. The topological polar surface area (TPSA) is 38.7 Å². The molecule has 0 unspecified atom stereocenters. The summed E-state index contributed by atoms with van der Waals surface area (Å²) in [4.78, 5) is 0. The van der Waals surface area contributed by atoms with Crippen LogP contribution in [0.2, 0.25) is 0 Å². The van der Waals surface area contributed by atoms with Gasteiger partial charge < -0.3 is 14.6 Å². The molecular formula is C14H26O3. The van der Waals surface area contributed by atoms with Gasteiger partial charge in [-0.2, -0.15) is 0 Å². The molecule has 1 fully saturated rings. The van der Waals surface area contributed by atoms with Crippen LogP contribution < -0.4 is 0 Å². The smallest absolute Gasteiger partial charge is 0.156 e. The second-order valence-electron chi connectivity index (χ2n) is 5.13. The second-order valence-corrected chi connectivity index (χ2v) is 5.13. The molecule has 1 N–H and O–H groups in total. The van der Waals surface area contributed by atoms with Crippen molar-refractivity contribution in [3.05, 3.63) is 12.2 Å². The van der Waals surface area contributed by atoms with Gasteiger partial charge in [0.25, 0.3) is 0 Å². The second kappa shape index (κ2) is 6.53. The number of ether oxygens (including phenoxy) is 2. The van der Waals surface area contributed by atoms with Gasteiger partial charge in [0.2, 0.25) is 0 Å². The van der Waals surface area contributed by atoms with Crippen LogP contribution in [-0.2, 0) is 9.47 Å². The third-order valence-corrected chi connectivity index (χ3v) is 4.05. The largest absolute Gasteiger partial charge is 0.385 e. The fourth-order valence-corrected chi connectivity index (χ4v) is 2.84. The molecule has 17 heavy (non-hydrogen) atoms. The van der Waals surface area contributed by atoms with Crippen molar-refractivity contribution in [3.8, 4) is 0 Å². The maximum absolute atomic E-state index is 10.7. The highest BCUT2D eigenvalue weighted by molar-refractivity contribution is 5.13. The number of methoxy groups -OCH3 is 2. The van der Waals surface area contributed by atoms with Crippen LogP contribution in [-0.4, -0.2) is 31.2 Å². The molecule has 100 valence electrons. The van der Waals surface area contributed by atoms with Crippen molar-refractivity contribution in [1.29, 1.82) is 0 Å². The van der Waals surface area contributed by atoms with Gasteiger partial charge in [-0.25, -0.2) is 0 Å². The SMILES string of the molecule is C=C(C)[C@]1(O)CCCC[C@H]1CCC(OC)OC. The summed E-state index contributed by atoms with van der Waals surface area (Å²) in [6.07, 6.45) is 5.80. The Kier molecular flexibility index (Phi) is 5.63. The number of hydrogen-bond acceptors (Lipinski definition) is 3. The van der Waals surface area contributed by atoms with Gasteiger partial charge in [0.15, 0.2) is 6.29 Å². The van der Waals surface area contributed by atoms with Crippen LogP contribution in [0.4, 0.5) is 0 Å². The zero-order chi connectivity index (χ0) is 12.9. The summed E-state index contributed by atoms with van der Waals surface area (Å²) in [5.74, 6) is 0.293. The number of aliphatic hydroxyl groups is 1. The van der Waals surface area contributed by atoms with Crippen molar-refractivity contribution in [2.24, 2.45) is 5.92 Å². The fourth-order valence-electron chi connectivity index (χ4n) is 2.84. The molecule has 0 heterocycles. The Morgan fingerprint density at radius 3 is 2.59 bits per heavy atom. The van der Waals surface area contributed by atoms with Crippen molar-refractivity contribution in [1.82, 2.24) is 0 Å². The monoisotopic (exact) mass is 242 g/mol. The highest BCUT2D eigenvalue weighted by Gasteiger charge is 2.39. The summed E-state index contributed by atoms with van der Waals surface area (Å²) in [5.41, 5.74) is 0.221. The Bertz CT molecular complexity index is 248. The van der Waals surface area contributed by atoms with E-state index in [0.29, 0.717) is 5.92 Å². The van der Waals surface area contributed by atoms with Crippen LogP contribution in [0.5, 0.6) is 0 Å². The fraction of sp³-hybridized carbons (Fsp3) is 0.857. The molecule has 0 bridgehead atoms. The van der Waals surface area contributed by atoms with Gasteiger partial charge in [-0.1, -0.05) is 19.4 Å². The minimum absolute atomic E-state index is 0.161. The molecular weight excluding hydrogens is 216 g/mol. The van der Waals surface area contributed by atoms with Gasteiger partial charge in [0.05, 0.1) is 5.60 Å². The van der Waals surface area contributed by atoms with E-state index in [2.05, 4.69) is 6.58 Å². The van der Waals surface area contributed by atoms with E-state index in [0.717, 1.165) is 37.7 Å². The van der Waals surface area contributed by atoms with Gasteiger partial charge in [-0.3, -0.25) is 0 Å². The lowest BCUT2D eigenvalue weighted by molar-refractivity contribution is -0.114. The van der Waals surface area contributed by atoms with E-state index in [1.165, 1.54) is 6.42 Å². The highest BCUT2D eigenvalue weighted by Crippen LogP contribution is 2.41. The first kappa shape index (κ1) is 14.7. The molecule has 0 amide bonds. The van der Waals surface area contributed by atoms with Crippen molar-refractivity contribution in [2.45, 2.75) is 57.3 Å². The van der Waals surface area contributed by atoms with Gasteiger partial charge in [0.1, 0.15) is 0 Å². The summed E-state index contributed by atoms with van der Waals surface area (Å²) in [6.45, 7) is 5.89. The molecule has 3 nitrogen and oxygen atoms in total. The Morgan fingerprint density at radius 2 is 2.06 bits per heavy atom. The average molecular weight is 242 g/mol. The zero-order valence-corrected chi connectivity index (χ0v) is 11.4. The van der Waals surface area contributed by atoms with Gasteiger partial charge in [-0.15, -0.1) is 0 Å².